The minimum Gasteiger partial charge on any atom is -0.396 e. The first-order valence-electron chi connectivity index (χ1n) is 6.68. The zero-order valence-corrected chi connectivity index (χ0v) is 10.6. The Morgan fingerprint density at radius 3 is 2.31 bits per heavy atom. The zero-order valence-electron chi connectivity index (χ0n) is 10.6. The highest BCUT2D eigenvalue weighted by atomic mass is 16.3. The van der Waals surface area contributed by atoms with Crippen LogP contribution in [0.15, 0.2) is 0 Å². The van der Waals surface area contributed by atoms with Crippen LogP contribution in [0.5, 0.6) is 0 Å². The average molecular weight is 229 g/mol. The van der Waals surface area contributed by atoms with Crippen LogP contribution in [0.4, 0.5) is 0 Å². The van der Waals surface area contributed by atoms with Crippen LogP contribution in [0.25, 0.3) is 0 Å². The molecule has 96 valence electrons. The maximum atomic E-state index is 10.2. The summed E-state index contributed by atoms with van der Waals surface area (Å²) in [6.07, 6.45) is 8.71. The summed E-state index contributed by atoms with van der Waals surface area (Å²) in [5.41, 5.74) is -0.403. The highest BCUT2D eigenvalue weighted by Gasteiger charge is 2.31. The molecule has 0 radical (unpaired) electrons. The van der Waals surface area contributed by atoms with Crippen LogP contribution in [0, 0.1) is 0 Å². The van der Waals surface area contributed by atoms with E-state index < -0.39 is 5.60 Å². The second-order valence-electron chi connectivity index (χ2n) is 5.31. The summed E-state index contributed by atoms with van der Waals surface area (Å²) < 4.78 is 0. The minimum absolute atomic E-state index is 0.315. The van der Waals surface area contributed by atoms with Crippen LogP contribution in [-0.2, 0) is 0 Å². The van der Waals surface area contributed by atoms with Gasteiger partial charge in [-0.15, -0.1) is 0 Å². The van der Waals surface area contributed by atoms with E-state index in [1.54, 1.807) is 0 Å². The summed E-state index contributed by atoms with van der Waals surface area (Å²) in [5, 5.41) is 18.9. The molecule has 1 rings (SSSR count). The van der Waals surface area contributed by atoms with E-state index in [9.17, 15) is 5.11 Å². The average Bonchev–Trinajstić information content (AvgIpc) is 2.64. The van der Waals surface area contributed by atoms with Crippen LogP contribution >= 0.6 is 0 Å². The molecule has 0 spiro atoms. The molecule has 0 atom stereocenters. The summed E-state index contributed by atoms with van der Waals surface area (Å²) in [5.74, 6) is 0. The van der Waals surface area contributed by atoms with Crippen molar-refractivity contribution in [3.8, 4) is 0 Å². The number of rotatable bonds is 8. The largest absolute Gasteiger partial charge is 0.396 e. The molecule has 0 unspecified atom stereocenters. The first-order chi connectivity index (χ1) is 7.66. The van der Waals surface area contributed by atoms with Gasteiger partial charge in [-0.3, -0.25) is 0 Å². The van der Waals surface area contributed by atoms with Gasteiger partial charge in [-0.2, -0.15) is 0 Å². The van der Waals surface area contributed by atoms with Crippen LogP contribution in [0.2, 0.25) is 0 Å². The predicted octanol–water partition coefficient (Wildman–Crippen LogP) is 1.78. The van der Waals surface area contributed by atoms with Gasteiger partial charge in [0.05, 0.1) is 5.60 Å². The van der Waals surface area contributed by atoms with Gasteiger partial charge in [0.15, 0.2) is 0 Å². The van der Waals surface area contributed by atoms with E-state index in [1.165, 1.54) is 25.7 Å². The molecule has 3 nitrogen and oxygen atoms in total. The van der Waals surface area contributed by atoms with Crippen molar-refractivity contribution in [1.29, 1.82) is 0 Å². The lowest BCUT2D eigenvalue weighted by molar-refractivity contribution is 0.0161. The van der Waals surface area contributed by atoms with Gasteiger partial charge in [0.1, 0.15) is 0 Å². The smallest absolute Gasteiger partial charge is 0.0774 e. The van der Waals surface area contributed by atoms with Crippen molar-refractivity contribution in [3.05, 3.63) is 0 Å². The molecule has 0 aliphatic heterocycles. The monoisotopic (exact) mass is 229 g/mol. The second kappa shape index (κ2) is 7.25. The lowest BCUT2D eigenvalue weighted by atomic mass is 10.0. The van der Waals surface area contributed by atoms with Crippen LogP contribution in [-0.4, -0.2) is 47.5 Å². The number of aliphatic hydroxyl groups excluding tert-OH is 1. The van der Waals surface area contributed by atoms with Crippen molar-refractivity contribution >= 4 is 0 Å². The third kappa shape index (κ3) is 5.28. The van der Waals surface area contributed by atoms with E-state index >= 15 is 0 Å². The van der Waals surface area contributed by atoms with E-state index in [-0.39, 0.29) is 0 Å². The van der Waals surface area contributed by atoms with E-state index in [0.29, 0.717) is 6.61 Å². The Bertz CT molecular complexity index is 179. The highest BCUT2D eigenvalue weighted by Crippen LogP contribution is 2.29. The summed E-state index contributed by atoms with van der Waals surface area (Å²) in [7, 11) is 2.10. The fourth-order valence-corrected chi connectivity index (χ4v) is 2.62. The van der Waals surface area contributed by atoms with Crippen molar-refractivity contribution in [1.82, 2.24) is 4.90 Å². The Morgan fingerprint density at radius 2 is 1.69 bits per heavy atom. The standard InChI is InChI=1S/C13H27NO2/c1-14(10-6-2-3-7-11-15)12-13(16)8-4-5-9-13/h15-16H,2-12H2,1H3. The quantitative estimate of drug-likeness (QED) is 0.624. The van der Waals surface area contributed by atoms with Crippen LogP contribution < -0.4 is 0 Å². The van der Waals surface area contributed by atoms with Crippen molar-refractivity contribution in [3.63, 3.8) is 0 Å². The Labute approximate surface area is 99.5 Å². The zero-order chi connectivity index (χ0) is 11.9. The van der Waals surface area contributed by atoms with Gasteiger partial charge in [0, 0.05) is 13.2 Å². The first kappa shape index (κ1) is 13.9. The van der Waals surface area contributed by atoms with Gasteiger partial charge in [-0.25, -0.2) is 0 Å². The van der Waals surface area contributed by atoms with Gasteiger partial charge >= 0.3 is 0 Å². The van der Waals surface area contributed by atoms with Crippen molar-refractivity contribution in [2.24, 2.45) is 0 Å². The Morgan fingerprint density at radius 1 is 1.06 bits per heavy atom. The summed E-state index contributed by atoms with van der Waals surface area (Å²) >= 11 is 0. The fourth-order valence-electron chi connectivity index (χ4n) is 2.62. The molecule has 1 saturated carbocycles. The number of nitrogens with zero attached hydrogens (tertiary/aromatic N) is 1. The Kier molecular flexibility index (Phi) is 6.32. The highest BCUT2D eigenvalue weighted by molar-refractivity contribution is 4.86. The molecule has 0 amide bonds. The van der Waals surface area contributed by atoms with E-state index in [2.05, 4.69) is 11.9 Å². The van der Waals surface area contributed by atoms with E-state index in [4.69, 9.17) is 5.11 Å². The SMILES string of the molecule is CN(CCCCCCO)CC1(O)CCCC1. The number of likely N-dealkylation sites (N-methyl/N-ethyl adjacent to an activating group) is 1. The molecular weight excluding hydrogens is 202 g/mol. The topological polar surface area (TPSA) is 43.7 Å². The maximum absolute atomic E-state index is 10.2. The second-order valence-corrected chi connectivity index (χ2v) is 5.31. The Balaban J connectivity index is 2.04. The molecule has 0 bridgehead atoms. The molecule has 1 aliphatic rings. The number of hydrogen-bond donors (Lipinski definition) is 2. The van der Waals surface area contributed by atoms with Gasteiger partial charge in [-0.05, 0) is 39.3 Å². The minimum atomic E-state index is -0.403. The van der Waals surface area contributed by atoms with Crippen LogP contribution in [0.1, 0.15) is 51.4 Å². The maximum Gasteiger partial charge on any atom is 0.0774 e. The third-order valence-corrected chi connectivity index (χ3v) is 3.55. The molecule has 3 heteroatoms. The number of hydrogen-bond acceptors (Lipinski definition) is 3. The molecule has 2 N–H and O–H groups in total. The molecule has 16 heavy (non-hydrogen) atoms. The predicted molar refractivity (Wildman–Crippen MR) is 66.5 cm³/mol. The van der Waals surface area contributed by atoms with Gasteiger partial charge in [-0.1, -0.05) is 25.7 Å². The van der Waals surface area contributed by atoms with Gasteiger partial charge in [0.25, 0.3) is 0 Å². The summed E-state index contributed by atoms with van der Waals surface area (Å²) in [4.78, 5) is 2.25. The Hall–Kier alpha value is -0.120. The lowest BCUT2D eigenvalue weighted by Crippen LogP contribution is -2.39. The van der Waals surface area contributed by atoms with Gasteiger partial charge in [0.2, 0.25) is 0 Å². The summed E-state index contributed by atoms with van der Waals surface area (Å²) in [6.45, 7) is 2.20. The van der Waals surface area contributed by atoms with Gasteiger partial charge < -0.3 is 15.1 Å². The fraction of sp³-hybridized carbons (Fsp3) is 1.00. The molecule has 1 aliphatic carbocycles. The molecular formula is C13H27NO2. The van der Waals surface area contributed by atoms with Crippen LogP contribution in [0.3, 0.4) is 0 Å². The van der Waals surface area contributed by atoms with Crippen molar-refractivity contribution in [2.45, 2.75) is 57.0 Å². The molecule has 0 saturated heterocycles. The molecule has 1 fully saturated rings. The molecule has 0 aromatic rings. The number of aliphatic hydroxyl groups is 2. The van der Waals surface area contributed by atoms with E-state index in [0.717, 1.165) is 38.8 Å². The third-order valence-electron chi connectivity index (χ3n) is 3.55. The molecule has 0 heterocycles. The van der Waals surface area contributed by atoms with Crippen molar-refractivity contribution < 1.29 is 10.2 Å². The lowest BCUT2D eigenvalue weighted by Gasteiger charge is -2.28. The number of unbranched alkanes of at least 4 members (excludes halogenated alkanes) is 3. The first-order valence-corrected chi connectivity index (χ1v) is 6.68. The normalized spacial score (nSPS) is 19.5. The van der Waals surface area contributed by atoms with E-state index in [1.807, 2.05) is 0 Å². The molecule has 0 aromatic heterocycles. The molecule has 0 aromatic carbocycles. The van der Waals surface area contributed by atoms with Crippen molar-refractivity contribution in [2.75, 3.05) is 26.7 Å². The summed E-state index contributed by atoms with van der Waals surface area (Å²) in [6, 6.07) is 0.